The van der Waals surface area contributed by atoms with Crippen molar-refractivity contribution in [2.75, 3.05) is 26.8 Å². The number of aliphatic hydroxyl groups is 1. The second-order valence-electron chi connectivity index (χ2n) is 7.01. The summed E-state index contributed by atoms with van der Waals surface area (Å²) in [7, 11) is 1.62. The van der Waals surface area contributed by atoms with Gasteiger partial charge in [0.2, 0.25) is 0 Å². The van der Waals surface area contributed by atoms with Crippen LogP contribution in [-0.4, -0.2) is 43.8 Å². The van der Waals surface area contributed by atoms with E-state index in [1.165, 1.54) is 0 Å². The van der Waals surface area contributed by atoms with Crippen molar-refractivity contribution in [3.63, 3.8) is 0 Å². The zero-order valence-electron chi connectivity index (χ0n) is 16.7. The number of allylic oxidation sites excluding steroid dienone is 1. The van der Waals surface area contributed by atoms with Crippen molar-refractivity contribution in [2.24, 2.45) is 5.92 Å². The van der Waals surface area contributed by atoms with E-state index in [-0.39, 0.29) is 12.4 Å². The topological polar surface area (TPSA) is 67.8 Å². The van der Waals surface area contributed by atoms with Gasteiger partial charge in [-0.1, -0.05) is 32.1 Å². The van der Waals surface area contributed by atoms with Crippen LogP contribution in [-0.2, 0) is 0 Å². The zero-order chi connectivity index (χ0) is 20.4. The molecule has 0 saturated carbocycles. The van der Waals surface area contributed by atoms with Crippen LogP contribution in [0.4, 0.5) is 0 Å². The summed E-state index contributed by atoms with van der Waals surface area (Å²) in [4.78, 5) is 12.3. The van der Waals surface area contributed by atoms with Gasteiger partial charge in [-0.15, -0.1) is 0 Å². The molecule has 2 aromatic carbocycles. The maximum absolute atomic E-state index is 12.3. The fraction of sp³-hybridized carbons (Fsp3) is 0.348. The Kier molecular flexibility index (Phi) is 8.72. The van der Waals surface area contributed by atoms with E-state index in [0.717, 1.165) is 17.9 Å². The lowest BCUT2D eigenvalue weighted by Crippen LogP contribution is -2.33. The van der Waals surface area contributed by atoms with Crippen LogP contribution >= 0.6 is 0 Å². The van der Waals surface area contributed by atoms with E-state index < -0.39 is 6.10 Å². The molecule has 28 heavy (non-hydrogen) atoms. The van der Waals surface area contributed by atoms with Crippen LogP contribution in [0.25, 0.3) is 6.08 Å². The number of hydrogen-bond donors (Lipinski definition) is 2. The smallest absolute Gasteiger partial charge is 0.185 e. The van der Waals surface area contributed by atoms with Gasteiger partial charge in [-0.2, -0.15) is 0 Å². The number of aliphatic hydroxyl groups excluding tert-OH is 1. The number of rotatable bonds is 11. The molecule has 0 amide bonds. The molecule has 0 aliphatic rings. The highest BCUT2D eigenvalue weighted by atomic mass is 16.5. The maximum Gasteiger partial charge on any atom is 0.185 e. The number of nitrogens with one attached hydrogen (secondary N) is 1. The molecule has 0 aliphatic heterocycles. The Morgan fingerprint density at radius 3 is 2.29 bits per heavy atom. The summed E-state index contributed by atoms with van der Waals surface area (Å²) in [5.41, 5.74) is 1.51. The van der Waals surface area contributed by atoms with Gasteiger partial charge >= 0.3 is 0 Å². The fourth-order valence-electron chi connectivity index (χ4n) is 2.49. The second-order valence-corrected chi connectivity index (χ2v) is 7.01. The van der Waals surface area contributed by atoms with E-state index in [0.29, 0.717) is 23.8 Å². The summed E-state index contributed by atoms with van der Waals surface area (Å²) in [6, 6.07) is 14.4. The van der Waals surface area contributed by atoms with Crippen LogP contribution in [0.1, 0.15) is 29.8 Å². The summed E-state index contributed by atoms with van der Waals surface area (Å²) in [5.74, 6) is 1.86. The van der Waals surface area contributed by atoms with Crippen LogP contribution < -0.4 is 14.8 Å². The summed E-state index contributed by atoms with van der Waals surface area (Å²) in [6.45, 7) is 5.79. The summed E-state index contributed by atoms with van der Waals surface area (Å²) in [5, 5.41) is 13.1. The van der Waals surface area contributed by atoms with Crippen LogP contribution in [0.5, 0.6) is 11.5 Å². The van der Waals surface area contributed by atoms with Gasteiger partial charge in [-0.25, -0.2) is 0 Å². The standard InChI is InChI=1S/C23H29NO4/c1-17(2)14-24-15-20(25)16-28-22-11-7-19(8-12-22)23(26)13-6-18-4-9-21(27-3)10-5-18/h4-13,17,20,24-25H,14-16H2,1-3H3/b13-6+. The van der Waals surface area contributed by atoms with Crippen LogP contribution in [0.2, 0.25) is 0 Å². The molecule has 1 atom stereocenters. The molecule has 5 heteroatoms. The zero-order valence-corrected chi connectivity index (χ0v) is 16.7. The van der Waals surface area contributed by atoms with Crippen molar-refractivity contribution in [3.05, 3.63) is 65.7 Å². The molecule has 150 valence electrons. The average Bonchev–Trinajstić information content (AvgIpc) is 2.71. The van der Waals surface area contributed by atoms with E-state index in [4.69, 9.17) is 9.47 Å². The third kappa shape index (κ3) is 7.55. The molecule has 0 aliphatic carbocycles. The molecular formula is C23H29NO4. The Morgan fingerprint density at radius 2 is 1.68 bits per heavy atom. The minimum Gasteiger partial charge on any atom is -0.497 e. The predicted molar refractivity (Wildman–Crippen MR) is 112 cm³/mol. The van der Waals surface area contributed by atoms with E-state index >= 15 is 0 Å². The summed E-state index contributed by atoms with van der Waals surface area (Å²) >= 11 is 0. The molecule has 0 aromatic heterocycles. The van der Waals surface area contributed by atoms with Crippen molar-refractivity contribution < 1.29 is 19.4 Å². The third-order valence-corrected chi connectivity index (χ3v) is 4.06. The number of benzene rings is 2. The predicted octanol–water partition coefficient (Wildman–Crippen LogP) is 3.58. The fourth-order valence-corrected chi connectivity index (χ4v) is 2.49. The highest BCUT2D eigenvalue weighted by Crippen LogP contribution is 2.15. The Bertz CT molecular complexity index is 751. The molecule has 0 radical (unpaired) electrons. The number of hydrogen-bond acceptors (Lipinski definition) is 5. The van der Waals surface area contributed by atoms with Gasteiger partial charge in [0.05, 0.1) is 7.11 Å². The molecule has 1 unspecified atom stereocenters. The van der Waals surface area contributed by atoms with Gasteiger partial charge in [0.1, 0.15) is 24.2 Å². The first kappa shape index (κ1) is 21.7. The van der Waals surface area contributed by atoms with Crippen molar-refractivity contribution in [3.8, 4) is 11.5 Å². The SMILES string of the molecule is COc1ccc(/C=C/C(=O)c2ccc(OCC(O)CNCC(C)C)cc2)cc1. The van der Waals surface area contributed by atoms with Crippen LogP contribution in [0.15, 0.2) is 54.6 Å². The monoisotopic (exact) mass is 383 g/mol. The number of carbonyl (C=O) groups is 1. The first-order chi connectivity index (χ1) is 13.5. The van der Waals surface area contributed by atoms with Gasteiger partial charge in [0.15, 0.2) is 5.78 Å². The minimum atomic E-state index is -0.576. The molecule has 0 heterocycles. The highest BCUT2D eigenvalue weighted by molar-refractivity contribution is 6.06. The first-order valence-electron chi connectivity index (χ1n) is 9.46. The average molecular weight is 383 g/mol. The van der Waals surface area contributed by atoms with E-state index in [9.17, 15) is 9.90 Å². The molecule has 0 saturated heterocycles. The van der Waals surface area contributed by atoms with Crippen molar-refractivity contribution in [2.45, 2.75) is 20.0 Å². The molecule has 0 spiro atoms. The van der Waals surface area contributed by atoms with Gasteiger partial charge in [0.25, 0.3) is 0 Å². The van der Waals surface area contributed by atoms with Gasteiger partial charge in [-0.3, -0.25) is 4.79 Å². The summed E-state index contributed by atoms with van der Waals surface area (Å²) < 4.78 is 10.7. The maximum atomic E-state index is 12.3. The molecule has 0 bridgehead atoms. The van der Waals surface area contributed by atoms with E-state index in [2.05, 4.69) is 19.2 Å². The Morgan fingerprint density at radius 1 is 1.04 bits per heavy atom. The summed E-state index contributed by atoms with van der Waals surface area (Å²) in [6.07, 6.45) is 2.74. The van der Waals surface area contributed by atoms with Crippen LogP contribution in [0, 0.1) is 5.92 Å². The lowest BCUT2D eigenvalue weighted by Gasteiger charge is -2.14. The van der Waals surface area contributed by atoms with Crippen LogP contribution in [0.3, 0.4) is 0 Å². The molecular weight excluding hydrogens is 354 g/mol. The molecule has 5 nitrogen and oxygen atoms in total. The minimum absolute atomic E-state index is 0.0831. The highest BCUT2D eigenvalue weighted by Gasteiger charge is 2.07. The van der Waals surface area contributed by atoms with Gasteiger partial charge in [-0.05, 0) is 60.5 Å². The lowest BCUT2D eigenvalue weighted by molar-refractivity contribution is 0.104. The van der Waals surface area contributed by atoms with Crippen molar-refractivity contribution in [1.82, 2.24) is 5.32 Å². The molecule has 0 fully saturated rings. The quantitative estimate of drug-likeness (QED) is 0.459. The van der Waals surface area contributed by atoms with Gasteiger partial charge < -0.3 is 19.9 Å². The molecule has 2 rings (SSSR count). The first-order valence-corrected chi connectivity index (χ1v) is 9.46. The van der Waals surface area contributed by atoms with E-state index in [1.54, 1.807) is 43.5 Å². The third-order valence-electron chi connectivity index (χ3n) is 4.06. The number of methoxy groups -OCH3 is 1. The largest absolute Gasteiger partial charge is 0.497 e. The number of carbonyl (C=O) groups excluding carboxylic acids is 1. The van der Waals surface area contributed by atoms with E-state index in [1.807, 2.05) is 24.3 Å². The second kappa shape index (κ2) is 11.3. The normalized spacial score (nSPS) is 12.3. The van der Waals surface area contributed by atoms with Crippen molar-refractivity contribution >= 4 is 11.9 Å². The lowest BCUT2D eigenvalue weighted by atomic mass is 10.1. The van der Waals surface area contributed by atoms with Crippen molar-refractivity contribution in [1.29, 1.82) is 0 Å². The Balaban J connectivity index is 1.82. The molecule has 2 aromatic rings. The number of ketones is 1. The number of ether oxygens (including phenoxy) is 2. The Labute approximate surface area is 167 Å². The Hall–Kier alpha value is -2.63. The molecule has 2 N–H and O–H groups in total. The van der Waals surface area contributed by atoms with Gasteiger partial charge in [0, 0.05) is 12.1 Å².